The minimum Gasteiger partial charge on any atom is -0.497 e. The Morgan fingerprint density at radius 2 is 1.72 bits per heavy atom. The van der Waals surface area contributed by atoms with Crippen molar-refractivity contribution in [1.82, 2.24) is 14.3 Å². The van der Waals surface area contributed by atoms with Crippen molar-refractivity contribution < 1.29 is 32.9 Å². The Bertz CT molecular complexity index is 1550. The van der Waals surface area contributed by atoms with Crippen molar-refractivity contribution in [3.8, 4) is 28.4 Å². The second-order valence-corrected chi connectivity index (χ2v) is 9.31. The van der Waals surface area contributed by atoms with Gasteiger partial charge in [0, 0.05) is 61.1 Å². The molecule has 0 unspecified atom stereocenters. The summed E-state index contributed by atoms with van der Waals surface area (Å²) < 4.78 is 55.7. The van der Waals surface area contributed by atoms with Crippen LogP contribution in [0.15, 0.2) is 53.5 Å². The Morgan fingerprint density at radius 1 is 1.03 bits per heavy atom. The maximum atomic E-state index is 14.2. The summed E-state index contributed by atoms with van der Waals surface area (Å²) in [6.07, 6.45) is -3.18. The Kier molecular flexibility index (Phi) is 7.00. The van der Waals surface area contributed by atoms with E-state index in [1.54, 1.807) is 30.5 Å². The molecule has 1 fully saturated rings. The first kappa shape index (κ1) is 26.6. The first-order valence-electron chi connectivity index (χ1n) is 12.2. The second kappa shape index (κ2) is 10.3. The molecule has 2 aromatic heterocycles. The first-order chi connectivity index (χ1) is 18.7. The molecule has 2 aromatic carbocycles. The van der Waals surface area contributed by atoms with Crippen LogP contribution in [0.5, 0.6) is 11.5 Å². The fourth-order valence-electron chi connectivity index (χ4n) is 4.84. The van der Waals surface area contributed by atoms with E-state index in [2.05, 4.69) is 5.10 Å². The number of halogens is 3. The van der Waals surface area contributed by atoms with Gasteiger partial charge in [-0.3, -0.25) is 4.79 Å². The molecular weight excluding hydrogens is 517 g/mol. The van der Waals surface area contributed by atoms with Crippen LogP contribution in [-0.2, 0) is 12.7 Å². The minimum absolute atomic E-state index is 0.0170. The molecule has 1 saturated heterocycles. The number of aliphatic hydroxyl groups is 2. The lowest BCUT2D eigenvalue weighted by molar-refractivity contribution is -0.137. The maximum absolute atomic E-state index is 14.2. The number of anilines is 1. The standard InChI is InChI=1S/C27H27F3N4O5/c1-38-19-9-17(10-20(12-19)39-2)24-21-5-6-32(7-8-35)25(21)26(37)34(31-24)23-11-18(33-13-16(14-33)15-36)3-4-22(23)27(28,29)30/h3-6,9-12,16,35-36H,7-8,13-15H2,1-2H3. The number of aliphatic hydroxyl groups excluding tert-OH is 2. The number of benzene rings is 2. The zero-order chi connectivity index (χ0) is 27.9. The summed E-state index contributed by atoms with van der Waals surface area (Å²) in [5.74, 6) is 0.895. The van der Waals surface area contributed by atoms with Gasteiger partial charge in [-0.05, 0) is 36.4 Å². The van der Waals surface area contributed by atoms with E-state index >= 15 is 0 Å². The van der Waals surface area contributed by atoms with E-state index < -0.39 is 23.0 Å². The van der Waals surface area contributed by atoms with E-state index in [1.807, 2.05) is 4.90 Å². The van der Waals surface area contributed by atoms with Crippen molar-refractivity contribution in [2.45, 2.75) is 12.7 Å². The zero-order valence-electron chi connectivity index (χ0n) is 21.3. The monoisotopic (exact) mass is 544 g/mol. The molecule has 9 nitrogen and oxygen atoms in total. The lowest BCUT2D eigenvalue weighted by atomic mass is 9.99. The molecule has 12 heteroatoms. The topological polar surface area (TPSA) is 102 Å². The third-order valence-corrected chi connectivity index (χ3v) is 6.87. The molecule has 0 atom stereocenters. The predicted octanol–water partition coefficient (Wildman–Crippen LogP) is 3.31. The van der Waals surface area contributed by atoms with Gasteiger partial charge in [-0.2, -0.15) is 23.0 Å². The van der Waals surface area contributed by atoms with Crippen LogP contribution in [0.1, 0.15) is 5.56 Å². The van der Waals surface area contributed by atoms with Gasteiger partial charge < -0.3 is 29.2 Å². The molecule has 5 rings (SSSR count). The molecule has 39 heavy (non-hydrogen) atoms. The molecule has 0 bridgehead atoms. The Balaban J connectivity index is 1.80. The van der Waals surface area contributed by atoms with E-state index in [0.29, 0.717) is 41.2 Å². The van der Waals surface area contributed by atoms with Crippen LogP contribution >= 0.6 is 0 Å². The minimum atomic E-state index is -4.76. The van der Waals surface area contributed by atoms with Gasteiger partial charge in [0.2, 0.25) is 0 Å². The molecule has 2 N–H and O–H groups in total. The number of methoxy groups -OCH3 is 2. The molecule has 0 saturated carbocycles. The highest BCUT2D eigenvalue weighted by Crippen LogP contribution is 2.38. The van der Waals surface area contributed by atoms with Crippen LogP contribution < -0.4 is 19.9 Å². The molecule has 206 valence electrons. The molecule has 4 aromatic rings. The van der Waals surface area contributed by atoms with Crippen molar-refractivity contribution in [3.63, 3.8) is 0 Å². The number of fused-ring (bicyclic) bond motifs is 1. The quantitative estimate of drug-likeness (QED) is 0.351. The van der Waals surface area contributed by atoms with Gasteiger partial charge in [0.05, 0.1) is 32.1 Å². The van der Waals surface area contributed by atoms with Crippen molar-refractivity contribution in [2.75, 3.05) is 45.4 Å². The van der Waals surface area contributed by atoms with Crippen LogP contribution in [0.2, 0.25) is 0 Å². The summed E-state index contributed by atoms with van der Waals surface area (Å²) in [7, 11) is 2.94. The number of ether oxygens (including phenoxy) is 2. The molecule has 0 radical (unpaired) electrons. The van der Waals surface area contributed by atoms with E-state index in [1.165, 1.54) is 30.9 Å². The lowest BCUT2D eigenvalue weighted by Crippen LogP contribution is -2.48. The van der Waals surface area contributed by atoms with Crippen molar-refractivity contribution >= 4 is 16.6 Å². The Hall–Kier alpha value is -4.03. The van der Waals surface area contributed by atoms with Gasteiger partial charge in [0.25, 0.3) is 5.56 Å². The van der Waals surface area contributed by atoms with Crippen LogP contribution in [0.25, 0.3) is 27.8 Å². The van der Waals surface area contributed by atoms with Crippen LogP contribution in [0.3, 0.4) is 0 Å². The highest BCUT2D eigenvalue weighted by atomic mass is 19.4. The molecule has 3 heterocycles. The van der Waals surface area contributed by atoms with E-state index in [0.717, 1.165) is 10.7 Å². The molecular formula is C27H27F3N4O5. The van der Waals surface area contributed by atoms with Crippen molar-refractivity contribution in [1.29, 1.82) is 0 Å². The van der Waals surface area contributed by atoms with Gasteiger partial charge in [0.1, 0.15) is 22.7 Å². The average Bonchev–Trinajstić information content (AvgIpc) is 3.31. The molecule has 0 spiro atoms. The highest BCUT2D eigenvalue weighted by Gasteiger charge is 2.36. The molecule has 0 aliphatic carbocycles. The summed E-state index contributed by atoms with van der Waals surface area (Å²) in [4.78, 5) is 15.6. The van der Waals surface area contributed by atoms with E-state index in [-0.39, 0.29) is 36.9 Å². The third-order valence-electron chi connectivity index (χ3n) is 6.87. The summed E-state index contributed by atoms with van der Waals surface area (Å²) >= 11 is 0. The first-order valence-corrected chi connectivity index (χ1v) is 12.2. The summed E-state index contributed by atoms with van der Waals surface area (Å²) in [6, 6.07) is 10.2. The van der Waals surface area contributed by atoms with Gasteiger partial charge in [-0.1, -0.05) is 0 Å². The second-order valence-electron chi connectivity index (χ2n) is 9.31. The fourth-order valence-corrected chi connectivity index (χ4v) is 4.84. The van der Waals surface area contributed by atoms with Gasteiger partial charge in [0.15, 0.2) is 0 Å². The van der Waals surface area contributed by atoms with Gasteiger partial charge >= 0.3 is 6.18 Å². The lowest BCUT2D eigenvalue weighted by Gasteiger charge is -2.40. The predicted molar refractivity (Wildman–Crippen MR) is 139 cm³/mol. The molecule has 1 aliphatic rings. The smallest absolute Gasteiger partial charge is 0.418 e. The maximum Gasteiger partial charge on any atom is 0.418 e. The van der Waals surface area contributed by atoms with Crippen LogP contribution in [-0.4, -0.2) is 65.1 Å². The van der Waals surface area contributed by atoms with Gasteiger partial charge in [-0.15, -0.1) is 0 Å². The van der Waals surface area contributed by atoms with Crippen molar-refractivity contribution in [3.05, 3.63) is 64.6 Å². The van der Waals surface area contributed by atoms with Crippen molar-refractivity contribution in [2.24, 2.45) is 5.92 Å². The normalized spacial score (nSPS) is 14.1. The number of aromatic nitrogens is 3. The third kappa shape index (κ3) is 4.81. The number of nitrogens with zero attached hydrogens (tertiary/aromatic N) is 4. The Labute approximate surface area is 221 Å². The zero-order valence-corrected chi connectivity index (χ0v) is 21.3. The highest BCUT2D eigenvalue weighted by molar-refractivity contribution is 5.93. The number of alkyl halides is 3. The summed E-state index contributed by atoms with van der Waals surface area (Å²) in [5, 5.41) is 23.8. The summed E-state index contributed by atoms with van der Waals surface area (Å²) in [5.41, 5.74) is -0.931. The fraction of sp³-hybridized carbons (Fsp3) is 0.333. The largest absolute Gasteiger partial charge is 0.497 e. The SMILES string of the molecule is COc1cc(OC)cc(-c2nn(-c3cc(N4CC(CO)C4)ccc3C(F)(F)F)c(=O)c3c2ccn3CCO)c1. The van der Waals surface area contributed by atoms with Crippen LogP contribution in [0.4, 0.5) is 18.9 Å². The number of hydrogen-bond donors (Lipinski definition) is 2. The van der Waals surface area contributed by atoms with E-state index in [9.17, 15) is 28.2 Å². The molecule has 0 amide bonds. The molecule has 1 aliphatic heterocycles. The Morgan fingerprint density at radius 3 is 2.31 bits per heavy atom. The number of rotatable bonds is 8. The van der Waals surface area contributed by atoms with Gasteiger partial charge in [-0.25, -0.2) is 0 Å². The average molecular weight is 545 g/mol. The summed E-state index contributed by atoms with van der Waals surface area (Å²) in [6.45, 7) is 0.731. The van der Waals surface area contributed by atoms with Crippen LogP contribution in [0, 0.1) is 5.92 Å². The number of hydrogen-bond acceptors (Lipinski definition) is 7. The van der Waals surface area contributed by atoms with E-state index in [4.69, 9.17) is 9.47 Å².